The Kier molecular flexibility index (Phi) is 3.29. The van der Waals surface area contributed by atoms with Crippen LogP contribution in [0.15, 0.2) is 0 Å². The molecule has 1 aliphatic heterocycles. The van der Waals surface area contributed by atoms with E-state index in [0.29, 0.717) is 6.42 Å². The Hall–Kier alpha value is -0.570. The van der Waals surface area contributed by atoms with Gasteiger partial charge in [-0.1, -0.05) is 19.3 Å². The molecule has 15 heavy (non-hydrogen) atoms. The largest absolute Gasteiger partial charge is 0.394 e. The molecule has 0 bridgehead atoms. The summed E-state index contributed by atoms with van der Waals surface area (Å²) in [6, 6.07) is 0. The first-order valence-electron chi connectivity index (χ1n) is 6.20. The molecule has 1 saturated carbocycles. The zero-order chi connectivity index (χ0) is 10.7. The number of carbonyl (C=O) groups is 1. The highest BCUT2D eigenvalue weighted by Crippen LogP contribution is 2.35. The molecule has 1 amide bonds. The Morgan fingerprint density at radius 1 is 1.13 bits per heavy atom. The van der Waals surface area contributed by atoms with Gasteiger partial charge in [0.05, 0.1) is 12.1 Å². The van der Waals surface area contributed by atoms with E-state index >= 15 is 0 Å². The fourth-order valence-corrected chi connectivity index (χ4v) is 3.03. The number of aliphatic hydroxyl groups excluding tert-OH is 1. The minimum Gasteiger partial charge on any atom is -0.394 e. The van der Waals surface area contributed by atoms with Crippen molar-refractivity contribution in [3.05, 3.63) is 0 Å². The maximum atomic E-state index is 11.9. The fraction of sp³-hybridized carbons (Fsp3) is 0.917. The van der Waals surface area contributed by atoms with Gasteiger partial charge in [0.25, 0.3) is 0 Å². The zero-order valence-electron chi connectivity index (χ0n) is 9.37. The topological polar surface area (TPSA) is 40.5 Å². The number of aliphatic hydroxyl groups is 1. The van der Waals surface area contributed by atoms with Gasteiger partial charge < -0.3 is 10.0 Å². The number of hydrogen-bond acceptors (Lipinski definition) is 2. The van der Waals surface area contributed by atoms with Gasteiger partial charge >= 0.3 is 0 Å². The van der Waals surface area contributed by atoms with Gasteiger partial charge in [0, 0.05) is 13.0 Å². The first kappa shape index (κ1) is 10.9. The van der Waals surface area contributed by atoms with Crippen LogP contribution in [0.3, 0.4) is 0 Å². The molecule has 2 aliphatic rings. The molecular weight excluding hydrogens is 190 g/mol. The van der Waals surface area contributed by atoms with Crippen LogP contribution < -0.4 is 0 Å². The maximum Gasteiger partial charge on any atom is 0.223 e. The first-order valence-corrected chi connectivity index (χ1v) is 6.20. The van der Waals surface area contributed by atoms with Gasteiger partial charge in [-0.15, -0.1) is 0 Å². The molecular formula is C12H21NO2. The van der Waals surface area contributed by atoms with Crippen molar-refractivity contribution in [2.45, 2.75) is 56.9 Å². The van der Waals surface area contributed by atoms with Crippen LogP contribution in [0.4, 0.5) is 0 Å². The summed E-state index contributed by atoms with van der Waals surface area (Å²) >= 11 is 0. The van der Waals surface area contributed by atoms with Crippen molar-refractivity contribution < 1.29 is 9.90 Å². The summed E-state index contributed by atoms with van der Waals surface area (Å²) in [6.07, 6.45) is 8.37. The minimum absolute atomic E-state index is 0.152. The van der Waals surface area contributed by atoms with Crippen LogP contribution in [0.5, 0.6) is 0 Å². The lowest BCUT2D eigenvalue weighted by molar-refractivity contribution is -0.144. The predicted octanol–water partition coefficient (Wildman–Crippen LogP) is 1.69. The van der Waals surface area contributed by atoms with Crippen molar-refractivity contribution >= 4 is 5.91 Å². The number of carbonyl (C=O) groups excluding carboxylic acids is 1. The van der Waals surface area contributed by atoms with E-state index in [2.05, 4.69) is 0 Å². The van der Waals surface area contributed by atoms with Gasteiger partial charge in [-0.25, -0.2) is 0 Å². The van der Waals surface area contributed by atoms with Crippen LogP contribution in [0.25, 0.3) is 0 Å². The summed E-state index contributed by atoms with van der Waals surface area (Å²) in [5.41, 5.74) is -0.199. The third kappa shape index (κ3) is 2.03. The van der Waals surface area contributed by atoms with Crippen LogP contribution in [-0.2, 0) is 4.79 Å². The molecule has 2 rings (SSSR count). The second-order valence-corrected chi connectivity index (χ2v) is 4.95. The van der Waals surface area contributed by atoms with Gasteiger partial charge in [-0.2, -0.15) is 0 Å². The Balaban J connectivity index is 2.12. The molecule has 1 N–H and O–H groups in total. The smallest absolute Gasteiger partial charge is 0.223 e. The van der Waals surface area contributed by atoms with Gasteiger partial charge in [0.1, 0.15) is 0 Å². The van der Waals surface area contributed by atoms with Crippen molar-refractivity contribution in [1.82, 2.24) is 4.90 Å². The number of amides is 1. The lowest BCUT2D eigenvalue weighted by Gasteiger charge is -2.47. The molecule has 2 fully saturated rings. The average Bonchev–Trinajstić information content (AvgIpc) is 2.30. The zero-order valence-corrected chi connectivity index (χ0v) is 9.37. The molecule has 0 radical (unpaired) electrons. The molecule has 0 spiro atoms. The van der Waals surface area contributed by atoms with E-state index in [0.717, 1.165) is 45.1 Å². The summed E-state index contributed by atoms with van der Waals surface area (Å²) in [6.45, 7) is 1.01. The van der Waals surface area contributed by atoms with E-state index in [-0.39, 0.29) is 18.1 Å². The standard InChI is InChI=1S/C12H21NO2/c14-10-12(7-3-1-4-8-12)13-9-5-2-6-11(13)15/h14H,1-10H2. The quantitative estimate of drug-likeness (QED) is 0.755. The third-order valence-electron chi connectivity index (χ3n) is 3.97. The minimum atomic E-state index is -0.199. The van der Waals surface area contributed by atoms with Gasteiger partial charge in [0.2, 0.25) is 5.91 Å². The van der Waals surface area contributed by atoms with Gasteiger partial charge in [0.15, 0.2) is 0 Å². The highest BCUT2D eigenvalue weighted by atomic mass is 16.3. The first-order chi connectivity index (χ1) is 7.28. The van der Waals surface area contributed by atoms with E-state index in [1.807, 2.05) is 4.90 Å². The molecule has 3 nitrogen and oxygen atoms in total. The van der Waals surface area contributed by atoms with E-state index in [1.165, 1.54) is 6.42 Å². The molecule has 3 heteroatoms. The molecule has 0 aromatic rings. The number of piperidine rings is 1. The Morgan fingerprint density at radius 3 is 2.47 bits per heavy atom. The van der Waals surface area contributed by atoms with E-state index in [1.54, 1.807) is 0 Å². The van der Waals surface area contributed by atoms with Crippen LogP contribution in [0, 0.1) is 0 Å². The molecule has 0 aromatic carbocycles. The third-order valence-corrected chi connectivity index (χ3v) is 3.97. The number of likely N-dealkylation sites (tertiary alicyclic amines) is 1. The molecule has 0 atom stereocenters. The molecule has 1 saturated heterocycles. The SMILES string of the molecule is O=C1CCCCN1C1(CO)CCCCC1. The Morgan fingerprint density at radius 2 is 1.87 bits per heavy atom. The fourth-order valence-electron chi connectivity index (χ4n) is 3.03. The van der Waals surface area contributed by atoms with E-state index < -0.39 is 0 Å². The normalized spacial score (nSPS) is 26.7. The summed E-state index contributed by atoms with van der Waals surface area (Å²) < 4.78 is 0. The van der Waals surface area contributed by atoms with Crippen LogP contribution >= 0.6 is 0 Å². The second-order valence-electron chi connectivity index (χ2n) is 4.95. The lowest BCUT2D eigenvalue weighted by atomic mass is 9.80. The van der Waals surface area contributed by atoms with Crippen molar-refractivity contribution in [2.24, 2.45) is 0 Å². The summed E-state index contributed by atoms with van der Waals surface area (Å²) in [5.74, 6) is 0.261. The highest BCUT2D eigenvalue weighted by Gasteiger charge is 2.40. The average molecular weight is 211 g/mol. The summed E-state index contributed by atoms with van der Waals surface area (Å²) in [4.78, 5) is 13.9. The van der Waals surface area contributed by atoms with Crippen molar-refractivity contribution in [2.75, 3.05) is 13.2 Å². The monoisotopic (exact) mass is 211 g/mol. The number of rotatable bonds is 2. The van der Waals surface area contributed by atoms with Crippen LogP contribution in [0.1, 0.15) is 51.4 Å². The van der Waals surface area contributed by atoms with Crippen molar-refractivity contribution in [3.8, 4) is 0 Å². The van der Waals surface area contributed by atoms with Crippen molar-refractivity contribution in [1.29, 1.82) is 0 Å². The Labute approximate surface area is 91.5 Å². The molecule has 0 unspecified atom stereocenters. The van der Waals surface area contributed by atoms with Gasteiger partial charge in [-0.05, 0) is 25.7 Å². The van der Waals surface area contributed by atoms with Gasteiger partial charge in [-0.3, -0.25) is 4.79 Å². The van der Waals surface area contributed by atoms with E-state index in [9.17, 15) is 9.90 Å². The number of hydrogen-bond donors (Lipinski definition) is 1. The maximum absolute atomic E-state index is 11.9. The predicted molar refractivity (Wildman–Crippen MR) is 58.5 cm³/mol. The van der Waals surface area contributed by atoms with Crippen LogP contribution in [0.2, 0.25) is 0 Å². The summed E-state index contributed by atoms with van der Waals surface area (Å²) in [5, 5.41) is 9.62. The molecule has 86 valence electrons. The Bertz CT molecular complexity index is 234. The summed E-state index contributed by atoms with van der Waals surface area (Å²) in [7, 11) is 0. The molecule has 1 aliphatic carbocycles. The van der Waals surface area contributed by atoms with Crippen LogP contribution in [-0.4, -0.2) is 34.6 Å². The lowest BCUT2D eigenvalue weighted by Crippen LogP contribution is -2.56. The molecule has 0 aromatic heterocycles. The highest BCUT2D eigenvalue weighted by molar-refractivity contribution is 5.77. The van der Waals surface area contributed by atoms with Crippen molar-refractivity contribution in [3.63, 3.8) is 0 Å². The number of nitrogens with zero attached hydrogens (tertiary/aromatic N) is 1. The molecule has 1 heterocycles. The van der Waals surface area contributed by atoms with E-state index in [4.69, 9.17) is 0 Å². The second kappa shape index (κ2) is 4.52.